The van der Waals surface area contributed by atoms with E-state index in [1.165, 1.54) is 18.5 Å². The number of hydrogen-bond donors (Lipinski definition) is 0. The molecule has 0 spiro atoms. The van der Waals surface area contributed by atoms with Gasteiger partial charge in [0.1, 0.15) is 5.82 Å². The highest BCUT2D eigenvalue weighted by Gasteiger charge is 2.29. The first-order chi connectivity index (χ1) is 13.0. The number of anilines is 1. The van der Waals surface area contributed by atoms with Crippen molar-refractivity contribution >= 4 is 15.8 Å². The summed E-state index contributed by atoms with van der Waals surface area (Å²) in [6.45, 7) is 3.85. The maximum Gasteiger partial charge on any atom is 0.321 e. The monoisotopic (exact) mass is 392 g/mol. The summed E-state index contributed by atoms with van der Waals surface area (Å²) in [5.41, 5.74) is 1.12. The molecule has 9 heteroatoms. The Labute approximate surface area is 159 Å². The van der Waals surface area contributed by atoms with Gasteiger partial charge in [0, 0.05) is 32.2 Å². The van der Waals surface area contributed by atoms with Crippen molar-refractivity contribution in [2.75, 3.05) is 45.3 Å². The zero-order valence-electron chi connectivity index (χ0n) is 15.8. The molecule has 1 fully saturated rings. The number of methoxy groups -OCH3 is 2. The number of piperazine rings is 1. The second kappa shape index (κ2) is 8.10. The molecule has 1 saturated heterocycles. The van der Waals surface area contributed by atoms with Gasteiger partial charge in [0.2, 0.25) is 15.9 Å². The Morgan fingerprint density at radius 2 is 1.67 bits per heavy atom. The predicted molar refractivity (Wildman–Crippen MR) is 102 cm³/mol. The van der Waals surface area contributed by atoms with Gasteiger partial charge in [-0.3, -0.25) is 0 Å². The van der Waals surface area contributed by atoms with Crippen LogP contribution in [0.4, 0.5) is 5.82 Å². The number of aryl methyl sites for hydroxylation is 1. The van der Waals surface area contributed by atoms with Gasteiger partial charge in [0.05, 0.1) is 19.1 Å². The summed E-state index contributed by atoms with van der Waals surface area (Å²) in [5, 5.41) is 0. The minimum atomic E-state index is -3.49. The predicted octanol–water partition coefficient (Wildman–Crippen LogP) is 1.57. The molecule has 2 aromatic rings. The molecule has 0 radical (unpaired) electrons. The molecule has 1 aliphatic rings. The third kappa shape index (κ3) is 4.14. The third-order valence-electron chi connectivity index (χ3n) is 4.59. The fourth-order valence-electron chi connectivity index (χ4n) is 2.95. The zero-order valence-corrected chi connectivity index (χ0v) is 16.6. The fourth-order valence-corrected chi connectivity index (χ4v) is 4.38. The number of hydrogen-bond acceptors (Lipinski definition) is 7. The molecular weight excluding hydrogens is 368 g/mol. The minimum Gasteiger partial charge on any atom is -0.481 e. The lowest BCUT2D eigenvalue weighted by atomic mass is 10.2. The first-order valence-electron chi connectivity index (χ1n) is 8.79. The number of sulfonamides is 1. The van der Waals surface area contributed by atoms with E-state index in [0.717, 1.165) is 12.0 Å². The van der Waals surface area contributed by atoms with Gasteiger partial charge in [-0.2, -0.15) is 14.3 Å². The van der Waals surface area contributed by atoms with Crippen molar-refractivity contribution in [1.29, 1.82) is 0 Å². The molecular formula is C18H24N4O4S. The van der Waals surface area contributed by atoms with Crippen LogP contribution in [0.5, 0.6) is 11.9 Å². The molecule has 0 N–H and O–H groups in total. The molecule has 0 aliphatic carbocycles. The molecule has 146 valence electrons. The zero-order chi connectivity index (χ0) is 19.4. The Morgan fingerprint density at radius 3 is 2.22 bits per heavy atom. The Kier molecular flexibility index (Phi) is 5.81. The SMILES string of the molecule is CCc1ccc(S(=O)(=O)N2CCN(c3cc(OC)nc(OC)n3)CC2)cc1. The lowest BCUT2D eigenvalue weighted by molar-refractivity contribution is 0.349. The van der Waals surface area contributed by atoms with E-state index < -0.39 is 10.0 Å². The highest BCUT2D eigenvalue weighted by molar-refractivity contribution is 7.89. The van der Waals surface area contributed by atoms with Gasteiger partial charge >= 0.3 is 6.01 Å². The molecule has 0 amide bonds. The number of aromatic nitrogens is 2. The van der Waals surface area contributed by atoms with E-state index in [9.17, 15) is 8.42 Å². The maximum absolute atomic E-state index is 12.9. The summed E-state index contributed by atoms with van der Waals surface area (Å²) in [7, 11) is -0.473. The van der Waals surface area contributed by atoms with E-state index in [4.69, 9.17) is 9.47 Å². The van der Waals surface area contributed by atoms with E-state index in [1.54, 1.807) is 18.2 Å². The Bertz CT molecular complexity index is 856. The number of rotatable bonds is 6. The van der Waals surface area contributed by atoms with Crippen LogP contribution >= 0.6 is 0 Å². The third-order valence-corrected chi connectivity index (χ3v) is 6.51. The van der Waals surface area contributed by atoms with Crippen LogP contribution in [0.1, 0.15) is 12.5 Å². The van der Waals surface area contributed by atoms with E-state index in [1.807, 2.05) is 24.0 Å². The highest BCUT2D eigenvalue weighted by Crippen LogP contribution is 2.24. The largest absolute Gasteiger partial charge is 0.481 e. The standard InChI is InChI=1S/C18H24N4O4S/c1-4-14-5-7-15(8-6-14)27(23,24)22-11-9-21(10-12-22)16-13-17(25-2)20-18(19-16)26-3/h5-8,13H,4,9-12H2,1-3H3. The van der Waals surface area contributed by atoms with Crippen molar-refractivity contribution in [1.82, 2.24) is 14.3 Å². The van der Waals surface area contributed by atoms with Crippen molar-refractivity contribution < 1.29 is 17.9 Å². The van der Waals surface area contributed by atoms with Gasteiger partial charge in [0.15, 0.2) is 0 Å². The summed E-state index contributed by atoms with van der Waals surface area (Å²) >= 11 is 0. The average Bonchev–Trinajstić information content (AvgIpc) is 2.73. The molecule has 0 bridgehead atoms. The fraction of sp³-hybridized carbons (Fsp3) is 0.444. The van der Waals surface area contributed by atoms with Crippen molar-refractivity contribution in [3.05, 3.63) is 35.9 Å². The second-order valence-electron chi connectivity index (χ2n) is 6.14. The highest BCUT2D eigenvalue weighted by atomic mass is 32.2. The lowest BCUT2D eigenvalue weighted by Gasteiger charge is -2.34. The molecule has 3 rings (SSSR count). The number of benzene rings is 1. The summed E-state index contributed by atoms with van der Waals surface area (Å²) in [5.74, 6) is 1.06. The van der Waals surface area contributed by atoms with Gasteiger partial charge in [-0.15, -0.1) is 0 Å². The van der Waals surface area contributed by atoms with Gasteiger partial charge in [-0.05, 0) is 24.1 Å². The Morgan fingerprint density at radius 1 is 1.00 bits per heavy atom. The van der Waals surface area contributed by atoms with Gasteiger partial charge in [0.25, 0.3) is 0 Å². The van der Waals surface area contributed by atoms with E-state index >= 15 is 0 Å². The first kappa shape index (κ1) is 19.4. The minimum absolute atomic E-state index is 0.218. The van der Waals surface area contributed by atoms with Crippen LogP contribution < -0.4 is 14.4 Å². The molecule has 0 unspecified atom stereocenters. The van der Waals surface area contributed by atoms with E-state index in [2.05, 4.69) is 9.97 Å². The van der Waals surface area contributed by atoms with Crippen molar-refractivity contribution in [3.63, 3.8) is 0 Å². The Hall–Kier alpha value is -2.39. The summed E-state index contributed by atoms with van der Waals surface area (Å²) in [6, 6.07) is 9.03. The molecule has 0 atom stereocenters. The van der Waals surface area contributed by atoms with Gasteiger partial charge in [-0.1, -0.05) is 19.1 Å². The van der Waals surface area contributed by atoms with Crippen molar-refractivity contribution in [3.8, 4) is 11.9 Å². The molecule has 1 aliphatic heterocycles. The van der Waals surface area contributed by atoms with Crippen LogP contribution in [0.15, 0.2) is 35.2 Å². The quantitative estimate of drug-likeness (QED) is 0.738. The second-order valence-corrected chi connectivity index (χ2v) is 8.08. The van der Waals surface area contributed by atoms with Crippen molar-refractivity contribution in [2.45, 2.75) is 18.2 Å². The van der Waals surface area contributed by atoms with Crippen LogP contribution in [0, 0.1) is 0 Å². The van der Waals surface area contributed by atoms with E-state index in [0.29, 0.717) is 42.8 Å². The molecule has 8 nitrogen and oxygen atoms in total. The molecule has 1 aromatic carbocycles. The summed E-state index contributed by atoms with van der Waals surface area (Å²) in [4.78, 5) is 10.7. The Balaban J connectivity index is 1.73. The van der Waals surface area contributed by atoms with Gasteiger partial charge in [-0.25, -0.2) is 8.42 Å². The first-order valence-corrected chi connectivity index (χ1v) is 10.2. The average molecular weight is 392 g/mol. The van der Waals surface area contributed by atoms with Crippen LogP contribution in [-0.2, 0) is 16.4 Å². The van der Waals surface area contributed by atoms with Crippen molar-refractivity contribution in [2.24, 2.45) is 0 Å². The van der Waals surface area contributed by atoms with Gasteiger partial charge < -0.3 is 14.4 Å². The molecule has 2 heterocycles. The summed E-state index contributed by atoms with van der Waals surface area (Å²) in [6.07, 6.45) is 0.880. The molecule has 1 aromatic heterocycles. The lowest BCUT2D eigenvalue weighted by Crippen LogP contribution is -2.48. The number of ether oxygens (including phenoxy) is 2. The van der Waals surface area contributed by atoms with Crippen LogP contribution in [0.3, 0.4) is 0 Å². The molecule has 0 saturated carbocycles. The van der Waals surface area contributed by atoms with Crippen LogP contribution in [0.25, 0.3) is 0 Å². The number of nitrogens with zero attached hydrogens (tertiary/aromatic N) is 4. The maximum atomic E-state index is 12.9. The van der Waals surface area contributed by atoms with E-state index in [-0.39, 0.29) is 6.01 Å². The smallest absolute Gasteiger partial charge is 0.321 e. The molecule has 27 heavy (non-hydrogen) atoms. The topological polar surface area (TPSA) is 84.9 Å². The normalized spacial score (nSPS) is 15.6. The van der Waals surface area contributed by atoms with Crippen LogP contribution in [-0.4, -0.2) is 63.1 Å². The summed E-state index contributed by atoms with van der Waals surface area (Å²) < 4.78 is 37.5. The van der Waals surface area contributed by atoms with Crippen LogP contribution in [0.2, 0.25) is 0 Å².